The normalized spacial score (nSPS) is 8.11. The fraction of sp³-hybridized carbons (Fsp3) is 0.143. The summed E-state index contributed by atoms with van der Waals surface area (Å²) in [6, 6.07) is 7.80. The van der Waals surface area contributed by atoms with Gasteiger partial charge in [0.1, 0.15) is 0 Å². The van der Waals surface area contributed by atoms with E-state index in [0.717, 1.165) is 11.3 Å². The van der Waals surface area contributed by atoms with Crippen molar-refractivity contribution in [2.45, 2.75) is 6.92 Å². The molecule has 0 amide bonds. The van der Waals surface area contributed by atoms with Crippen LogP contribution >= 0.6 is 24.0 Å². The maximum Gasteiger partial charge on any atom is 0.0343 e. The maximum absolute atomic E-state index is 5.52. The van der Waals surface area contributed by atoms with Crippen LogP contribution in [0.5, 0.6) is 0 Å². The molecule has 0 fully saturated rings. The van der Waals surface area contributed by atoms with Crippen LogP contribution in [0.2, 0.25) is 0 Å². The zero-order valence-corrected chi connectivity index (χ0v) is 7.63. The minimum atomic E-state index is 0. The van der Waals surface area contributed by atoms with Gasteiger partial charge in [-0.3, -0.25) is 0 Å². The third-order valence-corrected chi connectivity index (χ3v) is 1.19. The molecule has 9 heavy (non-hydrogen) atoms. The minimum Gasteiger partial charge on any atom is -0.399 e. The third kappa shape index (κ3) is 2.22. The first-order chi connectivity index (χ1) is 3.80. The summed E-state index contributed by atoms with van der Waals surface area (Å²) in [6.45, 7) is 2.00. The molecule has 50 valence electrons. The van der Waals surface area contributed by atoms with E-state index in [1.165, 1.54) is 0 Å². The number of anilines is 1. The van der Waals surface area contributed by atoms with Gasteiger partial charge in [-0.05, 0) is 18.6 Å². The summed E-state index contributed by atoms with van der Waals surface area (Å²) in [5.41, 5.74) is 7.53. The summed E-state index contributed by atoms with van der Waals surface area (Å²) >= 11 is 0. The number of halogens is 1. The monoisotopic (exact) mass is 235 g/mol. The molecule has 0 unspecified atom stereocenters. The Morgan fingerprint density at radius 1 is 1.22 bits per heavy atom. The average molecular weight is 235 g/mol. The van der Waals surface area contributed by atoms with E-state index in [4.69, 9.17) is 5.73 Å². The standard InChI is InChI=1S/C7H9N.HI/c1-6-4-2-3-5-7(6)8;/h2-5H,8H2,1H3;1H. The van der Waals surface area contributed by atoms with Crippen LogP contribution in [-0.4, -0.2) is 0 Å². The highest BCUT2D eigenvalue weighted by Crippen LogP contribution is 2.06. The number of para-hydroxylation sites is 1. The van der Waals surface area contributed by atoms with Gasteiger partial charge in [-0.25, -0.2) is 0 Å². The van der Waals surface area contributed by atoms with Crippen molar-refractivity contribution in [1.29, 1.82) is 0 Å². The molecule has 1 nitrogen and oxygen atoms in total. The van der Waals surface area contributed by atoms with Gasteiger partial charge in [-0.15, -0.1) is 24.0 Å². The predicted octanol–water partition coefficient (Wildman–Crippen LogP) is 2.20. The fourth-order valence-corrected chi connectivity index (χ4v) is 0.587. The molecule has 0 saturated carbocycles. The lowest BCUT2D eigenvalue weighted by Gasteiger charge is -1.93. The number of rotatable bonds is 0. The Hall–Kier alpha value is -0.250. The summed E-state index contributed by atoms with van der Waals surface area (Å²) < 4.78 is 0. The number of aryl methyl sites for hydroxylation is 1. The van der Waals surface area contributed by atoms with Crippen LogP contribution in [0.4, 0.5) is 5.69 Å². The van der Waals surface area contributed by atoms with Crippen molar-refractivity contribution >= 4 is 29.7 Å². The molecule has 0 aliphatic carbocycles. The SMILES string of the molecule is Cc1ccccc1N.I. The lowest BCUT2D eigenvalue weighted by atomic mass is 10.2. The molecule has 0 heterocycles. The largest absolute Gasteiger partial charge is 0.399 e. The quantitative estimate of drug-likeness (QED) is 0.541. The van der Waals surface area contributed by atoms with Crippen molar-refractivity contribution in [3.8, 4) is 0 Å². The predicted molar refractivity (Wildman–Crippen MR) is 51.0 cm³/mol. The van der Waals surface area contributed by atoms with Gasteiger partial charge in [0, 0.05) is 5.69 Å². The van der Waals surface area contributed by atoms with Crippen LogP contribution in [0, 0.1) is 6.92 Å². The smallest absolute Gasteiger partial charge is 0.0343 e. The van der Waals surface area contributed by atoms with E-state index in [0.29, 0.717) is 0 Å². The van der Waals surface area contributed by atoms with E-state index in [9.17, 15) is 0 Å². The highest BCUT2D eigenvalue weighted by atomic mass is 127. The van der Waals surface area contributed by atoms with E-state index in [2.05, 4.69) is 0 Å². The molecular weight excluding hydrogens is 225 g/mol. The first kappa shape index (κ1) is 8.75. The van der Waals surface area contributed by atoms with E-state index < -0.39 is 0 Å². The zero-order chi connectivity index (χ0) is 5.98. The van der Waals surface area contributed by atoms with Gasteiger partial charge >= 0.3 is 0 Å². The lowest BCUT2D eigenvalue weighted by Crippen LogP contribution is -1.85. The molecule has 2 heteroatoms. The van der Waals surface area contributed by atoms with E-state index in [1.807, 2.05) is 31.2 Å². The highest BCUT2D eigenvalue weighted by Gasteiger charge is 1.84. The molecule has 0 spiro atoms. The molecule has 0 aliphatic rings. The van der Waals surface area contributed by atoms with Crippen molar-refractivity contribution in [3.05, 3.63) is 29.8 Å². The second-order valence-electron chi connectivity index (χ2n) is 1.86. The molecule has 1 rings (SSSR count). The molecule has 0 radical (unpaired) electrons. The molecule has 0 atom stereocenters. The lowest BCUT2D eigenvalue weighted by molar-refractivity contribution is 1.47. The second kappa shape index (κ2) is 3.71. The molecule has 1 aromatic carbocycles. The van der Waals surface area contributed by atoms with Crippen molar-refractivity contribution in [3.63, 3.8) is 0 Å². The number of nitrogen functional groups attached to an aromatic ring is 1. The Kier molecular flexibility index (Phi) is 3.61. The van der Waals surface area contributed by atoms with Crippen LogP contribution in [-0.2, 0) is 0 Å². The van der Waals surface area contributed by atoms with Crippen LogP contribution in [0.15, 0.2) is 24.3 Å². The highest BCUT2D eigenvalue weighted by molar-refractivity contribution is 14.0. The third-order valence-electron chi connectivity index (χ3n) is 1.19. The summed E-state index contributed by atoms with van der Waals surface area (Å²) in [5.74, 6) is 0. The first-order valence-electron chi connectivity index (χ1n) is 2.62. The van der Waals surface area contributed by atoms with Crippen molar-refractivity contribution < 1.29 is 0 Å². The summed E-state index contributed by atoms with van der Waals surface area (Å²) in [5, 5.41) is 0. The van der Waals surface area contributed by atoms with E-state index in [-0.39, 0.29) is 24.0 Å². The molecule has 1 aromatic rings. The molecule has 0 bridgehead atoms. The molecule has 2 N–H and O–H groups in total. The van der Waals surface area contributed by atoms with E-state index in [1.54, 1.807) is 0 Å². The van der Waals surface area contributed by atoms with Gasteiger partial charge in [0.05, 0.1) is 0 Å². The van der Waals surface area contributed by atoms with Crippen molar-refractivity contribution in [2.24, 2.45) is 0 Å². The Morgan fingerprint density at radius 2 is 1.78 bits per heavy atom. The van der Waals surface area contributed by atoms with Gasteiger partial charge in [-0.1, -0.05) is 18.2 Å². The maximum atomic E-state index is 5.52. The van der Waals surface area contributed by atoms with Gasteiger partial charge in [0.15, 0.2) is 0 Å². The van der Waals surface area contributed by atoms with Crippen molar-refractivity contribution in [1.82, 2.24) is 0 Å². The van der Waals surface area contributed by atoms with Crippen LogP contribution in [0.1, 0.15) is 5.56 Å². The Labute approximate surface area is 72.3 Å². The molecule has 0 aromatic heterocycles. The van der Waals surface area contributed by atoms with Gasteiger partial charge in [0.25, 0.3) is 0 Å². The number of benzene rings is 1. The molecular formula is C7H10IN. The summed E-state index contributed by atoms with van der Waals surface area (Å²) in [4.78, 5) is 0. The van der Waals surface area contributed by atoms with Gasteiger partial charge in [0.2, 0.25) is 0 Å². The Bertz CT molecular complexity index is 165. The summed E-state index contributed by atoms with van der Waals surface area (Å²) in [6.07, 6.45) is 0. The van der Waals surface area contributed by atoms with Gasteiger partial charge < -0.3 is 5.73 Å². The average Bonchev–Trinajstić information content (AvgIpc) is 1.77. The minimum absolute atomic E-state index is 0. The van der Waals surface area contributed by atoms with E-state index >= 15 is 0 Å². The van der Waals surface area contributed by atoms with Crippen LogP contribution in [0.25, 0.3) is 0 Å². The fourth-order valence-electron chi connectivity index (χ4n) is 0.587. The summed E-state index contributed by atoms with van der Waals surface area (Å²) in [7, 11) is 0. The Balaban J connectivity index is 0.000000640. The first-order valence-corrected chi connectivity index (χ1v) is 2.62. The molecule has 0 aliphatic heterocycles. The number of nitrogens with two attached hydrogens (primary N) is 1. The van der Waals surface area contributed by atoms with Crippen LogP contribution in [0.3, 0.4) is 0 Å². The second-order valence-corrected chi connectivity index (χ2v) is 1.86. The zero-order valence-electron chi connectivity index (χ0n) is 5.29. The van der Waals surface area contributed by atoms with Crippen LogP contribution < -0.4 is 5.73 Å². The number of hydrogen-bond acceptors (Lipinski definition) is 1. The number of hydrogen-bond donors (Lipinski definition) is 1. The molecule has 0 saturated heterocycles. The topological polar surface area (TPSA) is 26.0 Å². The Morgan fingerprint density at radius 3 is 2.11 bits per heavy atom. The van der Waals surface area contributed by atoms with Gasteiger partial charge in [-0.2, -0.15) is 0 Å². The van der Waals surface area contributed by atoms with Crippen molar-refractivity contribution in [2.75, 3.05) is 5.73 Å².